The molecule has 0 aliphatic heterocycles. The first-order valence-corrected chi connectivity index (χ1v) is 3.44. The maximum Gasteiger partial charge on any atom is 0.308 e. The smallest absolute Gasteiger partial charge is 0.308 e. The second kappa shape index (κ2) is 3.22. The summed E-state index contributed by atoms with van der Waals surface area (Å²) in [5.41, 5.74) is 0. The van der Waals surface area contributed by atoms with E-state index < -0.39 is 23.2 Å². The number of hydrogen-bond donors (Lipinski definition) is 3. The van der Waals surface area contributed by atoms with Gasteiger partial charge >= 0.3 is 5.97 Å². The van der Waals surface area contributed by atoms with Crippen molar-refractivity contribution in [2.45, 2.75) is 6.92 Å². The molecule has 5 heteroatoms. The molecule has 5 nitrogen and oxygen atoms in total. The largest absolute Gasteiger partial charge is 0.504 e. The van der Waals surface area contributed by atoms with Crippen molar-refractivity contribution in [3.63, 3.8) is 0 Å². The first kappa shape index (κ1) is 9.18. The molecule has 0 aliphatic rings. The van der Waals surface area contributed by atoms with E-state index in [1.165, 1.54) is 6.92 Å². The van der Waals surface area contributed by atoms with Crippen LogP contribution >= 0.6 is 0 Å². The van der Waals surface area contributed by atoms with Crippen molar-refractivity contribution in [1.82, 2.24) is 0 Å². The topological polar surface area (TPSA) is 87.0 Å². The van der Waals surface area contributed by atoms with Gasteiger partial charge in [0.1, 0.15) is 5.75 Å². The molecular weight excluding hydrogens is 176 g/mol. The Labute approximate surface area is 73.8 Å². The lowest BCUT2D eigenvalue weighted by atomic mass is 10.3. The highest BCUT2D eigenvalue weighted by Gasteiger charge is 2.09. The van der Waals surface area contributed by atoms with Crippen molar-refractivity contribution in [3.8, 4) is 23.0 Å². The maximum absolute atomic E-state index is 10.5. The van der Waals surface area contributed by atoms with Crippen LogP contribution in [0.25, 0.3) is 0 Å². The summed E-state index contributed by atoms with van der Waals surface area (Å²) >= 11 is 0. The van der Waals surface area contributed by atoms with E-state index in [0.717, 1.165) is 12.1 Å². The number of aromatic hydroxyl groups is 3. The molecule has 0 aromatic heterocycles. The quantitative estimate of drug-likeness (QED) is 0.340. The SMILES string of the molecule is CC(=O)Oc1cc(O)c(O)c(O)c1. The minimum absolute atomic E-state index is 0.0275. The van der Waals surface area contributed by atoms with Gasteiger partial charge in [-0.2, -0.15) is 0 Å². The molecule has 0 unspecified atom stereocenters. The Balaban J connectivity index is 3.06. The summed E-state index contributed by atoms with van der Waals surface area (Å²) in [6.07, 6.45) is 0. The van der Waals surface area contributed by atoms with Crippen LogP contribution in [0.2, 0.25) is 0 Å². The van der Waals surface area contributed by atoms with Gasteiger partial charge in [-0.3, -0.25) is 4.79 Å². The molecule has 0 saturated carbocycles. The number of phenols is 3. The Kier molecular flexibility index (Phi) is 2.27. The van der Waals surface area contributed by atoms with Gasteiger partial charge in [0.05, 0.1) is 0 Å². The van der Waals surface area contributed by atoms with Gasteiger partial charge in [0.2, 0.25) is 5.75 Å². The van der Waals surface area contributed by atoms with Crippen LogP contribution < -0.4 is 4.74 Å². The molecule has 0 fully saturated rings. The number of esters is 1. The van der Waals surface area contributed by atoms with Gasteiger partial charge in [0.25, 0.3) is 0 Å². The molecule has 0 saturated heterocycles. The molecule has 0 amide bonds. The summed E-state index contributed by atoms with van der Waals surface area (Å²) in [6.45, 7) is 1.18. The predicted octanol–water partition coefficient (Wildman–Crippen LogP) is 0.729. The monoisotopic (exact) mass is 184 g/mol. The van der Waals surface area contributed by atoms with Gasteiger partial charge in [0, 0.05) is 19.1 Å². The molecule has 0 spiro atoms. The van der Waals surface area contributed by atoms with Gasteiger partial charge in [-0.05, 0) is 0 Å². The first-order valence-electron chi connectivity index (χ1n) is 3.44. The molecule has 0 bridgehead atoms. The average Bonchev–Trinajstić information content (AvgIpc) is 1.98. The third kappa shape index (κ3) is 2.02. The summed E-state index contributed by atoms with van der Waals surface area (Å²) < 4.78 is 4.56. The Morgan fingerprint density at radius 3 is 2.08 bits per heavy atom. The molecule has 13 heavy (non-hydrogen) atoms. The molecule has 0 radical (unpaired) electrons. The summed E-state index contributed by atoms with van der Waals surface area (Å²) in [7, 11) is 0. The Morgan fingerprint density at radius 1 is 1.23 bits per heavy atom. The standard InChI is InChI=1S/C8H8O5/c1-4(9)13-5-2-6(10)8(12)7(11)3-5/h2-3,10-12H,1H3. The fourth-order valence-corrected chi connectivity index (χ4v) is 0.804. The first-order chi connectivity index (χ1) is 6.00. The number of rotatable bonds is 1. The van der Waals surface area contributed by atoms with Gasteiger partial charge in [-0.15, -0.1) is 0 Å². The molecule has 0 aliphatic carbocycles. The number of hydrogen-bond acceptors (Lipinski definition) is 5. The van der Waals surface area contributed by atoms with Crippen LogP contribution in [0.5, 0.6) is 23.0 Å². The molecule has 0 atom stereocenters. The van der Waals surface area contributed by atoms with Crippen LogP contribution in [0.4, 0.5) is 0 Å². The fraction of sp³-hybridized carbons (Fsp3) is 0.125. The van der Waals surface area contributed by atoms with E-state index in [0.29, 0.717) is 0 Å². The number of carbonyl (C=O) groups is 1. The number of benzene rings is 1. The van der Waals surface area contributed by atoms with Gasteiger partial charge in [-0.1, -0.05) is 0 Å². The molecule has 1 aromatic carbocycles. The molecule has 3 N–H and O–H groups in total. The van der Waals surface area contributed by atoms with Crippen molar-refractivity contribution >= 4 is 5.97 Å². The Morgan fingerprint density at radius 2 is 1.69 bits per heavy atom. The highest BCUT2D eigenvalue weighted by Crippen LogP contribution is 2.38. The zero-order valence-electron chi connectivity index (χ0n) is 6.81. The summed E-state index contributed by atoms with van der Waals surface area (Å²) in [5, 5.41) is 26.9. The second-order valence-electron chi connectivity index (χ2n) is 2.40. The van der Waals surface area contributed by atoms with E-state index in [9.17, 15) is 4.79 Å². The maximum atomic E-state index is 10.5. The third-order valence-electron chi connectivity index (χ3n) is 1.30. The third-order valence-corrected chi connectivity index (χ3v) is 1.30. The van der Waals surface area contributed by atoms with Crippen LogP contribution in [-0.4, -0.2) is 21.3 Å². The normalized spacial score (nSPS) is 9.62. The van der Waals surface area contributed by atoms with Crippen LogP contribution in [0.15, 0.2) is 12.1 Å². The fourth-order valence-electron chi connectivity index (χ4n) is 0.804. The highest BCUT2D eigenvalue weighted by molar-refractivity contribution is 5.70. The van der Waals surface area contributed by atoms with Crippen LogP contribution in [0.3, 0.4) is 0 Å². The molecule has 0 heterocycles. The van der Waals surface area contributed by atoms with Gasteiger partial charge in [-0.25, -0.2) is 0 Å². The van der Waals surface area contributed by atoms with E-state index in [1.807, 2.05) is 0 Å². The average molecular weight is 184 g/mol. The van der Waals surface area contributed by atoms with E-state index in [2.05, 4.69) is 4.74 Å². The van der Waals surface area contributed by atoms with E-state index in [1.54, 1.807) is 0 Å². The summed E-state index contributed by atoms with van der Waals surface area (Å²) in [6, 6.07) is 2.05. The summed E-state index contributed by atoms with van der Waals surface area (Å²) in [5.74, 6) is -2.34. The minimum atomic E-state index is -0.643. The summed E-state index contributed by atoms with van der Waals surface area (Å²) in [4.78, 5) is 10.5. The predicted molar refractivity (Wildman–Crippen MR) is 42.7 cm³/mol. The van der Waals surface area contributed by atoms with E-state index in [4.69, 9.17) is 15.3 Å². The minimum Gasteiger partial charge on any atom is -0.504 e. The number of carbonyl (C=O) groups excluding carboxylic acids is 1. The lowest BCUT2D eigenvalue weighted by molar-refractivity contribution is -0.131. The lowest BCUT2D eigenvalue weighted by Gasteiger charge is -2.04. The van der Waals surface area contributed by atoms with Crippen molar-refractivity contribution in [2.24, 2.45) is 0 Å². The molecule has 1 rings (SSSR count). The van der Waals surface area contributed by atoms with Crippen molar-refractivity contribution < 1.29 is 24.9 Å². The van der Waals surface area contributed by atoms with E-state index >= 15 is 0 Å². The molecular formula is C8H8O5. The lowest BCUT2D eigenvalue weighted by Crippen LogP contribution is -2.00. The Bertz CT molecular complexity index is 321. The second-order valence-corrected chi connectivity index (χ2v) is 2.40. The van der Waals surface area contributed by atoms with Crippen molar-refractivity contribution in [3.05, 3.63) is 12.1 Å². The molecule has 1 aromatic rings. The Hall–Kier alpha value is -1.91. The van der Waals surface area contributed by atoms with Crippen LogP contribution in [-0.2, 0) is 4.79 Å². The van der Waals surface area contributed by atoms with E-state index in [-0.39, 0.29) is 5.75 Å². The molecule has 70 valence electrons. The van der Waals surface area contributed by atoms with Gasteiger partial charge in [0.15, 0.2) is 11.5 Å². The van der Waals surface area contributed by atoms with Crippen molar-refractivity contribution in [1.29, 1.82) is 0 Å². The van der Waals surface area contributed by atoms with Crippen LogP contribution in [0.1, 0.15) is 6.92 Å². The zero-order chi connectivity index (χ0) is 10.0. The number of ether oxygens (including phenoxy) is 1. The van der Waals surface area contributed by atoms with Crippen LogP contribution in [0, 0.1) is 0 Å². The zero-order valence-corrected chi connectivity index (χ0v) is 6.81. The highest BCUT2D eigenvalue weighted by atomic mass is 16.5. The number of phenolic OH excluding ortho intramolecular Hbond substituents is 3. The van der Waals surface area contributed by atoms with Gasteiger partial charge < -0.3 is 20.1 Å². The van der Waals surface area contributed by atoms with Crippen molar-refractivity contribution in [2.75, 3.05) is 0 Å².